The average molecular weight is 245 g/mol. The lowest BCUT2D eigenvalue weighted by atomic mass is 9.87. The van der Waals surface area contributed by atoms with Gasteiger partial charge in [0.05, 0.1) is 6.61 Å². The van der Waals surface area contributed by atoms with E-state index in [0.717, 1.165) is 31.7 Å². The monoisotopic (exact) mass is 245 g/mol. The number of ether oxygens (including phenoxy) is 1. The van der Waals surface area contributed by atoms with E-state index in [1.165, 1.54) is 24.0 Å². The average Bonchev–Trinajstić information content (AvgIpc) is 2.40. The lowest BCUT2D eigenvalue weighted by Gasteiger charge is -2.27. The number of hydrogen-bond donors (Lipinski definition) is 1. The molecule has 0 aromatic heterocycles. The van der Waals surface area contributed by atoms with Crippen LogP contribution in [-0.4, -0.2) is 13.2 Å². The lowest BCUT2D eigenvalue weighted by Crippen LogP contribution is -2.25. The SMILES string of the molecule is C=CCCOc1cccc2c1CCCC2NCC. The third-order valence-electron chi connectivity index (χ3n) is 3.49. The van der Waals surface area contributed by atoms with Crippen molar-refractivity contribution in [1.82, 2.24) is 5.32 Å². The first-order chi connectivity index (χ1) is 8.86. The maximum atomic E-state index is 5.87. The van der Waals surface area contributed by atoms with Gasteiger partial charge in [-0.1, -0.05) is 25.1 Å². The quantitative estimate of drug-likeness (QED) is 0.610. The molecule has 1 aromatic rings. The van der Waals surface area contributed by atoms with Crippen LogP contribution in [0.3, 0.4) is 0 Å². The molecular weight excluding hydrogens is 222 g/mol. The summed E-state index contributed by atoms with van der Waals surface area (Å²) in [5.74, 6) is 1.07. The fraction of sp³-hybridized carbons (Fsp3) is 0.500. The Kier molecular flexibility index (Phi) is 4.82. The Balaban J connectivity index is 2.17. The van der Waals surface area contributed by atoms with Gasteiger partial charge in [-0.15, -0.1) is 6.58 Å². The Morgan fingerprint density at radius 2 is 2.39 bits per heavy atom. The zero-order valence-electron chi connectivity index (χ0n) is 11.2. The maximum Gasteiger partial charge on any atom is 0.122 e. The molecule has 0 spiro atoms. The summed E-state index contributed by atoms with van der Waals surface area (Å²) in [6, 6.07) is 6.94. The van der Waals surface area contributed by atoms with Gasteiger partial charge >= 0.3 is 0 Å². The molecule has 2 rings (SSSR count). The second kappa shape index (κ2) is 6.60. The van der Waals surface area contributed by atoms with Crippen molar-refractivity contribution in [3.05, 3.63) is 42.0 Å². The summed E-state index contributed by atoms with van der Waals surface area (Å²) in [5.41, 5.74) is 2.83. The highest BCUT2D eigenvalue weighted by Gasteiger charge is 2.21. The van der Waals surface area contributed by atoms with E-state index < -0.39 is 0 Å². The van der Waals surface area contributed by atoms with Crippen LogP contribution in [0, 0.1) is 0 Å². The molecule has 0 saturated carbocycles. The Hall–Kier alpha value is -1.28. The molecule has 1 aromatic carbocycles. The lowest BCUT2D eigenvalue weighted by molar-refractivity contribution is 0.317. The summed E-state index contributed by atoms with van der Waals surface area (Å²) in [7, 11) is 0. The van der Waals surface area contributed by atoms with Crippen LogP contribution in [0.1, 0.15) is 43.4 Å². The van der Waals surface area contributed by atoms with Crippen LogP contribution >= 0.6 is 0 Å². The summed E-state index contributed by atoms with van der Waals surface area (Å²) >= 11 is 0. The minimum absolute atomic E-state index is 0.502. The molecule has 1 aliphatic rings. The van der Waals surface area contributed by atoms with E-state index in [9.17, 15) is 0 Å². The van der Waals surface area contributed by atoms with E-state index in [4.69, 9.17) is 4.74 Å². The van der Waals surface area contributed by atoms with E-state index in [1.807, 2.05) is 6.08 Å². The van der Waals surface area contributed by atoms with Crippen molar-refractivity contribution in [1.29, 1.82) is 0 Å². The number of rotatable bonds is 6. The highest BCUT2D eigenvalue weighted by Crippen LogP contribution is 2.35. The van der Waals surface area contributed by atoms with Gasteiger partial charge in [0.15, 0.2) is 0 Å². The molecule has 1 atom stereocenters. The molecule has 0 radical (unpaired) electrons. The highest BCUT2D eigenvalue weighted by molar-refractivity contribution is 5.43. The third-order valence-corrected chi connectivity index (χ3v) is 3.49. The van der Waals surface area contributed by atoms with Crippen LogP contribution in [0.2, 0.25) is 0 Å². The van der Waals surface area contributed by atoms with Crippen LogP contribution in [0.4, 0.5) is 0 Å². The van der Waals surface area contributed by atoms with Gasteiger partial charge < -0.3 is 10.1 Å². The minimum atomic E-state index is 0.502. The van der Waals surface area contributed by atoms with Gasteiger partial charge in [-0.2, -0.15) is 0 Å². The topological polar surface area (TPSA) is 21.3 Å². The van der Waals surface area contributed by atoms with Gasteiger partial charge in [0.1, 0.15) is 5.75 Å². The fourth-order valence-electron chi connectivity index (χ4n) is 2.66. The summed E-state index contributed by atoms with van der Waals surface area (Å²) in [6.07, 6.45) is 6.42. The van der Waals surface area contributed by atoms with Crippen molar-refractivity contribution in [2.75, 3.05) is 13.2 Å². The van der Waals surface area contributed by atoms with Gasteiger partial charge in [0.25, 0.3) is 0 Å². The molecule has 0 bridgehead atoms. The summed E-state index contributed by atoms with van der Waals surface area (Å²) < 4.78 is 5.87. The summed E-state index contributed by atoms with van der Waals surface area (Å²) in [6.45, 7) is 7.64. The second-order valence-electron chi connectivity index (χ2n) is 4.75. The van der Waals surface area contributed by atoms with E-state index in [2.05, 4.69) is 37.0 Å². The zero-order chi connectivity index (χ0) is 12.8. The van der Waals surface area contributed by atoms with Crippen molar-refractivity contribution in [3.63, 3.8) is 0 Å². The van der Waals surface area contributed by atoms with Gasteiger partial charge in [0, 0.05) is 6.04 Å². The molecule has 0 fully saturated rings. The minimum Gasteiger partial charge on any atom is -0.493 e. The van der Waals surface area contributed by atoms with Crippen molar-refractivity contribution in [3.8, 4) is 5.75 Å². The van der Waals surface area contributed by atoms with E-state index >= 15 is 0 Å². The number of fused-ring (bicyclic) bond motifs is 1. The van der Waals surface area contributed by atoms with Crippen LogP contribution < -0.4 is 10.1 Å². The molecule has 1 aliphatic carbocycles. The number of benzene rings is 1. The Morgan fingerprint density at radius 1 is 1.50 bits per heavy atom. The molecule has 0 heterocycles. The Labute approximate surface area is 110 Å². The standard InChI is InChI=1S/C16H23NO/c1-3-5-12-18-16-11-7-8-13-14(16)9-6-10-15(13)17-4-2/h3,7-8,11,15,17H,1,4-6,9-10,12H2,2H3. The van der Waals surface area contributed by atoms with Crippen LogP contribution in [-0.2, 0) is 6.42 Å². The Bertz CT molecular complexity index is 400. The van der Waals surface area contributed by atoms with E-state index in [-0.39, 0.29) is 0 Å². The van der Waals surface area contributed by atoms with Crippen LogP contribution in [0.15, 0.2) is 30.9 Å². The van der Waals surface area contributed by atoms with Crippen LogP contribution in [0.25, 0.3) is 0 Å². The van der Waals surface area contributed by atoms with Crippen molar-refractivity contribution >= 4 is 0 Å². The first-order valence-corrected chi connectivity index (χ1v) is 6.95. The van der Waals surface area contributed by atoms with E-state index in [1.54, 1.807) is 0 Å². The molecule has 1 unspecified atom stereocenters. The molecular formula is C16H23NO. The maximum absolute atomic E-state index is 5.87. The molecule has 98 valence electrons. The zero-order valence-corrected chi connectivity index (χ0v) is 11.2. The number of nitrogens with one attached hydrogen (secondary N) is 1. The van der Waals surface area contributed by atoms with Crippen molar-refractivity contribution < 1.29 is 4.74 Å². The predicted molar refractivity (Wildman–Crippen MR) is 76.1 cm³/mol. The largest absolute Gasteiger partial charge is 0.493 e. The molecule has 0 amide bonds. The van der Waals surface area contributed by atoms with Gasteiger partial charge in [-0.05, 0) is 49.4 Å². The van der Waals surface area contributed by atoms with Gasteiger partial charge in [0.2, 0.25) is 0 Å². The van der Waals surface area contributed by atoms with Crippen molar-refractivity contribution in [2.45, 2.75) is 38.6 Å². The van der Waals surface area contributed by atoms with Gasteiger partial charge in [-0.25, -0.2) is 0 Å². The van der Waals surface area contributed by atoms with E-state index in [0.29, 0.717) is 6.04 Å². The fourth-order valence-corrected chi connectivity index (χ4v) is 2.66. The molecule has 2 heteroatoms. The highest BCUT2D eigenvalue weighted by atomic mass is 16.5. The first-order valence-electron chi connectivity index (χ1n) is 6.95. The van der Waals surface area contributed by atoms with Crippen molar-refractivity contribution in [2.24, 2.45) is 0 Å². The summed E-state index contributed by atoms with van der Waals surface area (Å²) in [4.78, 5) is 0. The molecule has 18 heavy (non-hydrogen) atoms. The second-order valence-corrected chi connectivity index (χ2v) is 4.75. The molecule has 2 nitrogen and oxygen atoms in total. The molecule has 1 N–H and O–H groups in total. The summed E-state index contributed by atoms with van der Waals surface area (Å²) in [5, 5.41) is 3.56. The number of hydrogen-bond acceptors (Lipinski definition) is 2. The van der Waals surface area contributed by atoms with Crippen LogP contribution in [0.5, 0.6) is 5.75 Å². The first kappa shape index (κ1) is 13.2. The Morgan fingerprint density at radius 3 is 3.17 bits per heavy atom. The molecule has 0 saturated heterocycles. The molecule has 0 aliphatic heterocycles. The predicted octanol–water partition coefficient (Wildman–Crippen LogP) is 3.63. The van der Waals surface area contributed by atoms with Gasteiger partial charge in [-0.3, -0.25) is 0 Å². The third kappa shape index (κ3) is 2.94. The smallest absolute Gasteiger partial charge is 0.122 e. The normalized spacial score (nSPS) is 18.2.